The fourth-order valence-corrected chi connectivity index (χ4v) is 4.21. The maximum Gasteiger partial charge on any atom is 0.239 e. The lowest BCUT2D eigenvalue weighted by molar-refractivity contribution is -0.119. The zero-order valence-electron chi connectivity index (χ0n) is 17.0. The number of amides is 1. The summed E-state index contributed by atoms with van der Waals surface area (Å²) >= 11 is 1.58. The molecule has 1 aromatic carbocycles. The summed E-state index contributed by atoms with van der Waals surface area (Å²) in [5.41, 5.74) is 3.02. The Bertz CT molecular complexity index is 1140. The van der Waals surface area contributed by atoms with Gasteiger partial charge in [0.05, 0.1) is 11.9 Å². The molecule has 6 nitrogen and oxygen atoms in total. The molecule has 4 rings (SSSR count). The van der Waals surface area contributed by atoms with E-state index in [2.05, 4.69) is 27.8 Å². The van der Waals surface area contributed by atoms with E-state index in [9.17, 15) is 4.79 Å². The summed E-state index contributed by atoms with van der Waals surface area (Å²) in [4.78, 5) is 29.0. The minimum Gasteiger partial charge on any atom is -0.355 e. The Balaban J connectivity index is 1.83. The fraction of sp³-hybridized carbons (Fsp3) is 0.217. The second-order valence-corrected chi connectivity index (χ2v) is 7.87. The molecule has 3 heterocycles. The molecule has 0 aliphatic rings. The van der Waals surface area contributed by atoms with E-state index >= 15 is 0 Å². The molecule has 0 aliphatic carbocycles. The first-order chi connectivity index (χ1) is 14.7. The molecule has 0 saturated carbocycles. The summed E-state index contributed by atoms with van der Waals surface area (Å²) < 4.78 is 0. The largest absolute Gasteiger partial charge is 0.355 e. The highest BCUT2D eigenvalue weighted by atomic mass is 32.1. The fourth-order valence-electron chi connectivity index (χ4n) is 3.26. The monoisotopic (exact) mass is 417 g/mol. The van der Waals surface area contributed by atoms with Crippen LogP contribution in [0.3, 0.4) is 0 Å². The van der Waals surface area contributed by atoms with E-state index in [-0.39, 0.29) is 12.5 Å². The molecule has 3 aromatic heterocycles. The van der Waals surface area contributed by atoms with Crippen LogP contribution >= 0.6 is 11.3 Å². The second-order valence-electron chi connectivity index (χ2n) is 7.01. The number of hydrogen-bond donors (Lipinski definition) is 1. The number of likely N-dealkylation sites (N-methyl/N-ethyl adjacent to an activating group) is 1. The smallest absolute Gasteiger partial charge is 0.239 e. The number of pyridine rings is 1. The third kappa shape index (κ3) is 4.16. The van der Waals surface area contributed by atoms with Gasteiger partial charge in [-0.3, -0.25) is 9.78 Å². The third-order valence-corrected chi connectivity index (χ3v) is 5.61. The number of anilines is 1. The topological polar surface area (TPSA) is 71.0 Å². The van der Waals surface area contributed by atoms with E-state index in [0.717, 1.165) is 39.1 Å². The van der Waals surface area contributed by atoms with Crippen molar-refractivity contribution in [2.24, 2.45) is 0 Å². The van der Waals surface area contributed by atoms with Crippen LogP contribution in [0.1, 0.15) is 13.3 Å². The van der Waals surface area contributed by atoms with Crippen LogP contribution in [0.15, 0.2) is 60.2 Å². The molecule has 7 heteroatoms. The molecule has 0 unspecified atom stereocenters. The first-order valence-corrected chi connectivity index (χ1v) is 10.8. The minimum absolute atomic E-state index is 0.0227. The predicted octanol–water partition coefficient (Wildman–Crippen LogP) is 4.38. The summed E-state index contributed by atoms with van der Waals surface area (Å²) in [7, 11) is 1.90. The molecule has 1 amide bonds. The van der Waals surface area contributed by atoms with Gasteiger partial charge < -0.3 is 10.2 Å². The van der Waals surface area contributed by atoms with Crippen LogP contribution in [-0.2, 0) is 4.79 Å². The number of fused-ring (bicyclic) bond motifs is 1. The number of carbonyl (C=O) groups is 1. The van der Waals surface area contributed by atoms with Gasteiger partial charge in [0.1, 0.15) is 10.6 Å². The Hall–Kier alpha value is -3.32. The molecule has 0 spiro atoms. The van der Waals surface area contributed by atoms with Crippen LogP contribution in [0.2, 0.25) is 0 Å². The Labute approximate surface area is 179 Å². The Morgan fingerprint density at radius 2 is 1.90 bits per heavy atom. The Kier molecular flexibility index (Phi) is 5.99. The molecule has 0 fully saturated rings. The van der Waals surface area contributed by atoms with Crippen molar-refractivity contribution in [3.63, 3.8) is 0 Å². The van der Waals surface area contributed by atoms with Crippen molar-refractivity contribution in [2.75, 3.05) is 25.0 Å². The molecule has 1 N–H and O–H groups in total. The SMILES string of the molecule is CCCNC(=O)CN(C)c1nc(-c2cccnc2)nc2scc(-c3ccccc3)c12. The maximum absolute atomic E-state index is 12.4. The molecule has 4 aromatic rings. The third-order valence-electron chi connectivity index (χ3n) is 4.73. The van der Waals surface area contributed by atoms with Gasteiger partial charge in [-0.25, -0.2) is 9.97 Å². The molecular formula is C23H23N5OS. The van der Waals surface area contributed by atoms with Gasteiger partial charge in [-0.1, -0.05) is 37.3 Å². The number of benzene rings is 1. The van der Waals surface area contributed by atoms with Crippen molar-refractivity contribution in [1.29, 1.82) is 0 Å². The van der Waals surface area contributed by atoms with Gasteiger partial charge in [0, 0.05) is 42.5 Å². The standard InChI is InChI=1S/C23H23N5OS/c1-3-11-25-19(29)14-28(2)22-20-18(16-8-5-4-6-9-16)15-30-23(20)27-21(26-22)17-10-7-12-24-13-17/h4-10,12-13,15H,3,11,14H2,1-2H3,(H,25,29). The van der Waals surface area contributed by atoms with Crippen molar-refractivity contribution in [3.8, 4) is 22.5 Å². The average molecular weight is 418 g/mol. The van der Waals surface area contributed by atoms with E-state index in [0.29, 0.717) is 12.4 Å². The van der Waals surface area contributed by atoms with Crippen LogP contribution in [0.4, 0.5) is 5.82 Å². The highest BCUT2D eigenvalue weighted by Crippen LogP contribution is 2.39. The summed E-state index contributed by atoms with van der Waals surface area (Å²) in [6.45, 7) is 2.93. The summed E-state index contributed by atoms with van der Waals surface area (Å²) in [5.74, 6) is 1.32. The highest BCUT2D eigenvalue weighted by Gasteiger charge is 2.20. The number of hydrogen-bond acceptors (Lipinski definition) is 6. The van der Waals surface area contributed by atoms with E-state index in [1.165, 1.54) is 0 Å². The molecule has 0 bridgehead atoms. The van der Waals surface area contributed by atoms with Crippen molar-refractivity contribution in [2.45, 2.75) is 13.3 Å². The van der Waals surface area contributed by atoms with Gasteiger partial charge in [-0.05, 0) is 24.1 Å². The van der Waals surface area contributed by atoms with Crippen LogP contribution in [0.25, 0.3) is 32.7 Å². The van der Waals surface area contributed by atoms with Gasteiger partial charge >= 0.3 is 0 Å². The van der Waals surface area contributed by atoms with Crippen LogP contribution < -0.4 is 10.2 Å². The van der Waals surface area contributed by atoms with E-state index in [1.54, 1.807) is 23.7 Å². The van der Waals surface area contributed by atoms with Crippen molar-refractivity contribution >= 4 is 33.3 Å². The van der Waals surface area contributed by atoms with Gasteiger partial charge in [-0.2, -0.15) is 0 Å². The number of thiophene rings is 1. The molecular weight excluding hydrogens is 394 g/mol. The molecule has 0 saturated heterocycles. The quantitative estimate of drug-likeness (QED) is 0.483. The van der Waals surface area contributed by atoms with Crippen LogP contribution in [0.5, 0.6) is 0 Å². The van der Waals surface area contributed by atoms with Crippen molar-refractivity contribution in [1.82, 2.24) is 20.3 Å². The number of nitrogens with zero attached hydrogens (tertiary/aromatic N) is 4. The van der Waals surface area contributed by atoms with Crippen LogP contribution in [0, 0.1) is 0 Å². The lowest BCUT2D eigenvalue weighted by Crippen LogP contribution is -2.36. The molecule has 152 valence electrons. The first kappa shape index (κ1) is 20.0. The van der Waals surface area contributed by atoms with Gasteiger partial charge in [0.25, 0.3) is 0 Å². The summed E-state index contributed by atoms with van der Waals surface area (Å²) in [5, 5.41) is 6.01. The second kappa shape index (κ2) is 9.00. The van der Waals surface area contributed by atoms with E-state index < -0.39 is 0 Å². The highest BCUT2D eigenvalue weighted by molar-refractivity contribution is 7.17. The lowest BCUT2D eigenvalue weighted by atomic mass is 10.1. The molecule has 0 radical (unpaired) electrons. The zero-order chi connectivity index (χ0) is 20.9. The number of rotatable bonds is 7. The van der Waals surface area contributed by atoms with Gasteiger partial charge in [0.2, 0.25) is 5.91 Å². The van der Waals surface area contributed by atoms with E-state index in [4.69, 9.17) is 9.97 Å². The van der Waals surface area contributed by atoms with Gasteiger partial charge in [0.15, 0.2) is 5.82 Å². The molecule has 0 aliphatic heterocycles. The first-order valence-electron chi connectivity index (χ1n) is 9.90. The number of nitrogens with one attached hydrogen (secondary N) is 1. The lowest BCUT2D eigenvalue weighted by Gasteiger charge is -2.20. The number of carbonyl (C=O) groups excluding carboxylic acids is 1. The molecule has 0 atom stereocenters. The normalized spacial score (nSPS) is 10.9. The minimum atomic E-state index is -0.0227. The summed E-state index contributed by atoms with van der Waals surface area (Å²) in [6, 6.07) is 14.0. The van der Waals surface area contributed by atoms with Crippen molar-refractivity contribution in [3.05, 3.63) is 60.2 Å². The Morgan fingerprint density at radius 1 is 1.10 bits per heavy atom. The summed E-state index contributed by atoms with van der Waals surface area (Å²) in [6.07, 6.45) is 4.39. The number of aromatic nitrogens is 3. The predicted molar refractivity (Wildman–Crippen MR) is 123 cm³/mol. The van der Waals surface area contributed by atoms with Crippen LogP contribution in [-0.4, -0.2) is 41.0 Å². The average Bonchev–Trinajstić information content (AvgIpc) is 3.22. The maximum atomic E-state index is 12.4. The van der Waals surface area contributed by atoms with Crippen molar-refractivity contribution < 1.29 is 4.79 Å². The zero-order valence-corrected chi connectivity index (χ0v) is 17.8. The molecule has 30 heavy (non-hydrogen) atoms. The van der Waals surface area contributed by atoms with Gasteiger partial charge in [-0.15, -0.1) is 11.3 Å². The van der Waals surface area contributed by atoms with E-state index in [1.807, 2.05) is 49.2 Å². The Morgan fingerprint density at radius 3 is 2.63 bits per heavy atom.